The maximum atomic E-state index is 14.3. The molecule has 5 N–H and O–H groups in total. The van der Waals surface area contributed by atoms with Crippen molar-refractivity contribution in [2.45, 2.75) is 44.7 Å². The first-order valence-corrected chi connectivity index (χ1v) is 22.1. The van der Waals surface area contributed by atoms with Crippen LogP contribution in [0.15, 0.2) is 26.8 Å². The molecule has 52 heavy (non-hydrogen) atoms. The van der Waals surface area contributed by atoms with E-state index in [4.69, 9.17) is 33.2 Å². The number of nitrogens with zero attached hydrogens (tertiary/aromatic N) is 6. The lowest BCUT2D eigenvalue weighted by Crippen LogP contribution is -2.31. The zero-order valence-corrected chi connectivity index (χ0v) is 34.2. The third-order valence-electron chi connectivity index (χ3n) is 5.55. The molecule has 1 aliphatic heterocycles. The van der Waals surface area contributed by atoms with E-state index in [2.05, 4.69) is 54.1 Å². The summed E-state index contributed by atoms with van der Waals surface area (Å²) in [7, 11) is -2.41. The molecule has 3 heterocycles. The highest BCUT2D eigenvalue weighted by atomic mass is 35.5. The Morgan fingerprint density at radius 3 is 2.17 bits per heavy atom. The fourth-order valence-electron chi connectivity index (χ4n) is 3.56. The lowest BCUT2D eigenvalue weighted by atomic mass is 10.3. The predicted molar refractivity (Wildman–Crippen MR) is 204 cm³/mol. The number of thioether (sulfide) groups is 1. The van der Waals surface area contributed by atoms with Gasteiger partial charge < -0.3 is 34.8 Å². The van der Waals surface area contributed by atoms with E-state index < -0.39 is 38.2 Å². The number of hydrogen-bond acceptors (Lipinski definition) is 15. The Kier molecular flexibility index (Phi) is 22.3. The molecule has 0 saturated heterocycles. The van der Waals surface area contributed by atoms with Gasteiger partial charge in [-0.3, -0.25) is 24.4 Å². The summed E-state index contributed by atoms with van der Waals surface area (Å²) in [5.74, 6) is -1.10. The molecule has 24 heteroatoms. The summed E-state index contributed by atoms with van der Waals surface area (Å²) in [6, 6.07) is 2.64. The number of carboxylic acid groups (broad SMARTS) is 1. The molecule has 1 aliphatic rings. The summed E-state index contributed by atoms with van der Waals surface area (Å²) >= 11 is 13.9. The van der Waals surface area contributed by atoms with E-state index in [0.717, 1.165) is 55.1 Å². The monoisotopic (exact) mass is 849 g/mol. The molecule has 1 atom stereocenters. The third kappa shape index (κ3) is 19.4. The molecule has 3 aromatic rings. The van der Waals surface area contributed by atoms with Gasteiger partial charge in [0.25, 0.3) is 0 Å². The number of anilines is 2. The maximum Gasteiger partial charge on any atom is 0.325 e. The molecule has 17 nitrogen and oxygen atoms in total. The molecule has 0 bridgehead atoms. The van der Waals surface area contributed by atoms with Gasteiger partial charge in [-0.2, -0.15) is 15.0 Å². The summed E-state index contributed by atoms with van der Waals surface area (Å²) in [5, 5.41) is 16.3. The van der Waals surface area contributed by atoms with Crippen LogP contribution in [0.25, 0.3) is 0 Å². The van der Waals surface area contributed by atoms with E-state index in [0.29, 0.717) is 45.6 Å². The largest absolute Gasteiger partial charge is 0.778 e. The van der Waals surface area contributed by atoms with Crippen molar-refractivity contribution >= 4 is 94.3 Å². The number of benzene rings is 1. The summed E-state index contributed by atoms with van der Waals surface area (Å²) in [6.45, 7) is 6.28. The Hall–Kier alpha value is -2.75. The van der Waals surface area contributed by atoms with Crippen LogP contribution in [0.5, 0.6) is 0 Å². The molecule has 0 saturated carbocycles. The normalized spacial score (nSPS) is 13.2. The van der Waals surface area contributed by atoms with Gasteiger partial charge in [0.1, 0.15) is 19.1 Å². The first-order valence-electron chi connectivity index (χ1n) is 15.3. The van der Waals surface area contributed by atoms with Crippen molar-refractivity contribution in [3.05, 3.63) is 42.7 Å². The number of methoxy groups -OCH3 is 1. The quantitative estimate of drug-likeness (QED) is 0.0763. The highest BCUT2D eigenvalue weighted by molar-refractivity contribution is 8.00. The predicted octanol–water partition coefficient (Wildman–Crippen LogP) is 2.84. The van der Waals surface area contributed by atoms with Crippen molar-refractivity contribution in [1.29, 1.82) is 0 Å². The highest BCUT2D eigenvalue weighted by Crippen LogP contribution is 2.33. The number of esters is 1. The molecule has 1 unspecified atom stereocenters. The van der Waals surface area contributed by atoms with Gasteiger partial charge in [-0.15, -0.1) is 11.8 Å². The minimum absolute atomic E-state index is 0.0605. The van der Waals surface area contributed by atoms with Gasteiger partial charge in [0.05, 0.1) is 49.5 Å². The standard InChI is InChI=1S/C15H15ClFN3O3S2.C7H12ClN5.C3H8NO5P.C3H9S/c1-23-13(21)8-24-12-7-11(10(17)6-9(12)16)18-14-19-4-2-3-5-20(19)15(22)25-14;1-3-9-6-11-5(8)12-7(13-6)10-4-2;5-3(6)1-4-2-10(7,8)9;1-4(2)3/h6-7H,2-5,8H2,1H3;3-4H2,1-2H3,(H2,9,10,11,12,13);4H,1-2H2,(H,5,6)(H2,7,8,9);1-3H3/q;;;+1/p-1/b18-14-;;;. The minimum Gasteiger partial charge on any atom is -0.778 e. The fourth-order valence-corrected chi connectivity index (χ4v) is 6.10. The second-order valence-electron chi connectivity index (χ2n) is 10.5. The van der Waals surface area contributed by atoms with Crippen LogP contribution in [0.4, 0.5) is 22.0 Å². The van der Waals surface area contributed by atoms with E-state index in [1.54, 1.807) is 9.36 Å². The lowest BCUT2D eigenvalue weighted by Gasteiger charge is -2.15. The molecular weight excluding hydrogens is 807 g/mol. The van der Waals surface area contributed by atoms with Crippen molar-refractivity contribution in [3.63, 3.8) is 0 Å². The Balaban J connectivity index is 0.000000419. The van der Waals surface area contributed by atoms with Crippen molar-refractivity contribution < 1.29 is 38.2 Å². The number of carbonyl (C=O) groups excluding carboxylic acids is 1. The second kappa shape index (κ2) is 24.5. The van der Waals surface area contributed by atoms with Crippen LogP contribution in [-0.4, -0.2) is 104 Å². The van der Waals surface area contributed by atoms with Crippen LogP contribution < -0.4 is 30.5 Å². The number of rotatable bonds is 12. The van der Waals surface area contributed by atoms with Crippen molar-refractivity contribution in [2.24, 2.45) is 4.99 Å². The first kappa shape index (κ1) is 47.3. The summed E-state index contributed by atoms with van der Waals surface area (Å²) in [5.41, 5.74) is 0.0829. The number of carboxylic acids is 1. The number of nitrogens with one attached hydrogen (secondary N) is 3. The summed E-state index contributed by atoms with van der Waals surface area (Å²) < 4.78 is 32.2. The van der Waals surface area contributed by atoms with Gasteiger partial charge in [0.15, 0.2) is 0 Å². The fraction of sp³-hybridized carbons (Fsp3) is 0.536. The molecule has 0 radical (unpaired) electrons. The van der Waals surface area contributed by atoms with E-state index in [1.807, 2.05) is 19.2 Å². The summed E-state index contributed by atoms with van der Waals surface area (Å²) in [6.07, 6.45) is 7.77. The Morgan fingerprint density at radius 1 is 1.12 bits per heavy atom. The molecular formula is C28H43Cl2FN9O8PS3. The highest BCUT2D eigenvalue weighted by Gasteiger charge is 2.15. The van der Waals surface area contributed by atoms with Crippen LogP contribution in [-0.2, 0) is 42.9 Å². The number of hydrogen-bond donors (Lipinski definition) is 5. The van der Waals surface area contributed by atoms with Crippen molar-refractivity contribution in [3.8, 4) is 0 Å². The van der Waals surface area contributed by atoms with Crippen LogP contribution in [0.3, 0.4) is 0 Å². The number of halogens is 3. The number of aromatic nitrogens is 5. The van der Waals surface area contributed by atoms with Crippen LogP contribution >= 0.6 is 53.9 Å². The summed E-state index contributed by atoms with van der Waals surface area (Å²) in [4.78, 5) is 68.1. The second-order valence-corrected chi connectivity index (χ2v) is 17.2. The Labute approximate surface area is 321 Å². The van der Waals surface area contributed by atoms with E-state index in [9.17, 15) is 28.2 Å². The number of ether oxygens (including phenoxy) is 1. The molecule has 0 spiro atoms. The number of carbonyl (C=O) groups is 2. The van der Waals surface area contributed by atoms with Crippen molar-refractivity contribution in [2.75, 3.05) is 68.2 Å². The lowest BCUT2D eigenvalue weighted by molar-refractivity contribution is -0.193. The van der Waals surface area contributed by atoms with Crippen molar-refractivity contribution in [1.82, 2.24) is 29.6 Å². The zero-order chi connectivity index (χ0) is 39.4. The molecule has 0 aliphatic carbocycles. The SMILES string of the molecule is CCNc1nc(Cl)nc(NCC)n1.COC(=O)CSc1cc(/N=c2\sc(=O)n3n2CCCC3)c(F)cc1Cl.C[S+](C)C.O=C(O)CNCP(=O)([O-])O. The smallest absolute Gasteiger partial charge is 0.325 e. The molecule has 4 rings (SSSR count). The molecule has 1 aromatic carbocycles. The minimum atomic E-state index is -4.35. The molecule has 0 fully saturated rings. The van der Waals surface area contributed by atoms with E-state index >= 15 is 0 Å². The van der Waals surface area contributed by atoms with Gasteiger partial charge in [0.2, 0.25) is 22.0 Å². The molecule has 2 aromatic heterocycles. The van der Waals surface area contributed by atoms with Gasteiger partial charge in [-0.1, -0.05) is 11.6 Å². The van der Waals surface area contributed by atoms with E-state index in [-0.39, 0.29) is 26.6 Å². The van der Waals surface area contributed by atoms with Gasteiger partial charge in [-0.05, 0) is 72.7 Å². The van der Waals surface area contributed by atoms with Gasteiger partial charge >= 0.3 is 16.8 Å². The maximum absolute atomic E-state index is 14.3. The van der Waals surface area contributed by atoms with Crippen LogP contribution in [0, 0.1) is 5.82 Å². The van der Waals surface area contributed by atoms with Crippen LogP contribution in [0.1, 0.15) is 26.7 Å². The average molecular weight is 851 g/mol. The number of fused-ring (bicyclic) bond motifs is 1. The zero-order valence-electron chi connectivity index (χ0n) is 29.4. The van der Waals surface area contributed by atoms with Gasteiger partial charge in [-0.25, -0.2) is 14.1 Å². The average Bonchev–Trinajstić information content (AvgIpc) is 3.36. The first-order chi connectivity index (χ1) is 24.4. The molecule has 0 amide bonds. The van der Waals surface area contributed by atoms with E-state index in [1.165, 1.54) is 13.2 Å². The van der Waals surface area contributed by atoms with Gasteiger partial charge in [0, 0.05) is 31.1 Å². The third-order valence-corrected chi connectivity index (χ3v) is 8.66. The Morgan fingerprint density at radius 2 is 1.67 bits per heavy atom. The molecule has 292 valence electrons. The van der Waals surface area contributed by atoms with Crippen LogP contribution in [0.2, 0.25) is 10.3 Å². The topological polar surface area (TPSA) is 238 Å². The Bertz CT molecular complexity index is 1750. The number of aliphatic carboxylic acids is 1.